The standard InChI is InChI=1S/C23H21FN2O3S/c1-14-6-5-7-20(15(14)2)26(16(3)27)23-25-18(13-30-23)9-10-21(28)17-8-11-22(29-4)19(24)12-17/h5-13H,1-4H3/b10-9+. The van der Waals surface area contributed by atoms with E-state index in [1.807, 2.05) is 32.0 Å². The Hall–Kier alpha value is -3.32. The zero-order valence-corrected chi connectivity index (χ0v) is 17.9. The third-order valence-corrected chi connectivity index (χ3v) is 5.52. The molecule has 0 N–H and O–H groups in total. The Morgan fingerprint density at radius 1 is 1.20 bits per heavy atom. The van der Waals surface area contributed by atoms with E-state index in [0.717, 1.165) is 22.9 Å². The normalized spacial score (nSPS) is 11.0. The molecule has 0 aliphatic rings. The topological polar surface area (TPSA) is 59.5 Å². The Bertz CT molecular complexity index is 1140. The maximum atomic E-state index is 13.8. The molecule has 0 aliphatic carbocycles. The lowest BCUT2D eigenvalue weighted by Crippen LogP contribution is -2.23. The molecule has 5 nitrogen and oxygen atoms in total. The number of hydrogen-bond acceptors (Lipinski definition) is 5. The number of allylic oxidation sites excluding steroid dienone is 1. The zero-order valence-electron chi connectivity index (χ0n) is 17.1. The van der Waals surface area contributed by atoms with Gasteiger partial charge in [-0.1, -0.05) is 12.1 Å². The van der Waals surface area contributed by atoms with Crippen LogP contribution in [0.1, 0.15) is 34.1 Å². The van der Waals surface area contributed by atoms with Gasteiger partial charge in [-0.2, -0.15) is 0 Å². The summed E-state index contributed by atoms with van der Waals surface area (Å²) in [6.07, 6.45) is 2.88. The molecule has 0 aliphatic heterocycles. The number of ketones is 1. The van der Waals surface area contributed by atoms with E-state index in [2.05, 4.69) is 4.98 Å². The summed E-state index contributed by atoms with van der Waals surface area (Å²) in [5.74, 6) is -1.03. The number of nitrogens with zero attached hydrogens (tertiary/aromatic N) is 2. The van der Waals surface area contributed by atoms with Crippen LogP contribution < -0.4 is 9.64 Å². The first-order chi connectivity index (χ1) is 14.3. The van der Waals surface area contributed by atoms with Crippen molar-refractivity contribution in [2.24, 2.45) is 0 Å². The van der Waals surface area contributed by atoms with Crippen molar-refractivity contribution in [3.8, 4) is 5.75 Å². The number of aromatic nitrogens is 1. The van der Waals surface area contributed by atoms with Gasteiger partial charge in [-0.25, -0.2) is 9.37 Å². The highest BCUT2D eigenvalue weighted by Gasteiger charge is 2.20. The monoisotopic (exact) mass is 424 g/mol. The molecule has 0 radical (unpaired) electrons. The fourth-order valence-corrected chi connectivity index (χ4v) is 3.77. The molecule has 3 rings (SSSR count). The Morgan fingerprint density at radius 2 is 1.97 bits per heavy atom. The Kier molecular flexibility index (Phi) is 6.42. The highest BCUT2D eigenvalue weighted by Crippen LogP contribution is 2.32. The van der Waals surface area contributed by atoms with Crippen LogP contribution in [0, 0.1) is 19.7 Å². The number of carbonyl (C=O) groups excluding carboxylic acids is 2. The number of hydrogen-bond donors (Lipinski definition) is 0. The van der Waals surface area contributed by atoms with E-state index in [4.69, 9.17) is 4.74 Å². The Balaban J connectivity index is 1.84. The van der Waals surface area contributed by atoms with Gasteiger partial charge in [-0.05, 0) is 61.4 Å². The lowest BCUT2D eigenvalue weighted by atomic mass is 10.1. The first-order valence-corrected chi connectivity index (χ1v) is 10.1. The summed E-state index contributed by atoms with van der Waals surface area (Å²) < 4.78 is 18.7. The predicted molar refractivity (Wildman–Crippen MR) is 117 cm³/mol. The number of methoxy groups -OCH3 is 1. The summed E-state index contributed by atoms with van der Waals surface area (Å²) in [5, 5.41) is 2.27. The van der Waals surface area contributed by atoms with Crippen molar-refractivity contribution in [1.29, 1.82) is 0 Å². The van der Waals surface area contributed by atoms with Gasteiger partial charge < -0.3 is 4.74 Å². The van der Waals surface area contributed by atoms with Crippen LogP contribution in [0.3, 0.4) is 0 Å². The van der Waals surface area contributed by atoms with Crippen molar-refractivity contribution in [3.05, 3.63) is 76.1 Å². The lowest BCUT2D eigenvalue weighted by Gasteiger charge is -2.21. The molecule has 1 amide bonds. The molecular weight excluding hydrogens is 403 g/mol. The van der Waals surface area contributed by atoms with Gasteiger partial charge in [0, 0.05) is 17.9 Å². The molecule has 7 heteroatoms. The van der Waals surface area contributed by atoms with Crippen LogP contribution in [-0.4, -0.2) is 23.8 Å². The van der Waals surface area contributed by atoms with Crippen molar-refractivity contribution < 1.29 is 18.7 Å². The van der Waals surface area contributed by atoms with E-state index in [1.54, 1.807) is 16.4 Å². The minimum Gasteiger partial charge on any atom is -0.494 e. The molecule has 0 saturated heterocycles. The second kappa shape index (κ2) is 9.00. The quantitative estimate of drug-likeness (QED) is 0.388. The second-order valence-corrected chi connectivity index (χ2v) is 7.51. The SMILES string of the molecule is COc1ccc(C(=O)/C=C/c2csc(N(C(C)=O)c3cccc(C)c3C)n2)cc1F. The molecule has 154 valence electrons. The van der Waals surface area contributed by atoms with Crippen LogP contribution in [0.4, 0.5) is 15.2 Å². The molecule has 3 aromatic rings. The molecular formula is C23H21FN2O3S. The summed E-state index contributed by atoms with van der Waals surface area (Å²) >= 11 is 1.31. The summed E-state index contributed by atoms with van der Waals surface area (Å²) in [7, 11) is 1.36. The fraction of sp³-hybridized carbons (Fsp3) is 0.174. The van der Waals surface area contributed by atoms with Gasteiger partial charge in [0.2, 0.25) is 5.91 Å². The number of anilines is 2. The van der Waals surface area contributed by atoms with Gasteiger partial charge in [0.1, 0.15) is 0 Å². The summed E-state index contributed by atoms with van der Waals surface area (Å²) in [4.78, 5) is 30.7. The summed E-state index contributed by atoms with van der Waals surface area (Å²) in [6, 6.07) is 9.80. The summed E-state index contributed by atoms with van der Waals surface area (Å²) in [6.45, 7) is 5.43. The minimum atomic E-state index is -0.599. The number of halogens is 1. The van der Waals surface area contributed by atoms with Gasteiger partial charge in [-0.3, -0.25) is 14.5 Å². The third-order valence-electron chi connectivity index (χ3n) is 4.67. The number of carbonyl (C=O) groups is 2. The van der Waals surface area contributed by atoms with Crippen LogP contribution in [0.15, 0.2) is 47.9 Å². The number of rotatable bonds is 6. The predicted octanol–water partition coefficient (Wildman–Crippen LogP) is 5.49. The van der Waals surface area contributed by atoms with Crippen LogP contribution in [0.2, 0.25) is 0 Å². The molecule has 0 atom stereocenters. The molecule has 2 aromatic carbocycles. The van der Waals surface area contributed by atoms with E-state index >= 15 is 0 Å². The van der Waals surface area contributed by atoms with Gasteiger partial charge in [0.25, 0.3) is 0 Å². The average molecular weight is 424 g/mol. The van der Waals surface area contributed by atoms with Crippen LogP contribution in [0.25, 0.3) is 6.08 Å². The molecule has 0 bridgehead atoms. The van der Waals surface area contributed by atoms with Crippen molar-refractivity contribution in [2.75, 3.05) is 12.0 Å². The summed E-state index contributed by atoms with van der Waals surface area (Å²) in [5.41, 5.74) is 3.59. The maximum Gasteiger partial charge on any atom is 0.230 e. The Labute approximate surface area is 178 Å². The van der Waals surface area contributed by atoms with Gasteiger partial charge in [0.05, 0.1) is 18.5 Å². The van der Waals surface area contributed by atoms with Crippen LogP contribution in [-0.2, 0) is 4.79 Å². The fourth-order valence-electron chi connectivity index (χ4n) is 2.92. The highest BCUT2D eigenvalue weighted by molar-refractivity contribution is 7.14. The smallest absolute Gasteiger partial charge is 0.230 e. The molecule has 30 heavy (non-hydrogen) atoms. The molecule has 0 spiro atoms. The lowest BCUT2D eigenvalue weighted by molar-refractivity contribution is -0.115. The van der Waals surface area contributed by atoms with Crippen molar-refractivity contribution >= 4 is 39.9 Å². The van der Waals surface area contributed by atoms with Crippen molar-refractivity contribution in [3.63, 3.8) is 0 Å². The Morgan fingerprint density at radius 3 is 2.63 bits per heavy atom. The minimum absolute atomic E-state index is 0.0791. The van der Waals surface area contributed by atoms with Gasteiger partial charge in [-0.15, -0.1) is 11.3 Å². The zero-order chi connectivity index (χ0) is 21.8. The van der Waals surface area contributed by atoms with E-state index < -0.39 is 5.82 Å². The van der Waals surface area contributed by atoms with Gasteiger partial charge >= 0.3 is 0 Å². The second-order valence-electron chi connectivity index (χ2n) is 6.68. The number of thiazole rings is 1. The number of amides is 1. The largest absolute Gasteiger partial charge is 0.494 e. The average Bonchev–Trinajstić information content (AvgIpc) is 3.17. The van der Waals surface area contributed by atoms with Crippen LogP contribution in [0.5, 0.6) is 5.75 Å². The van der Waals surface area contributed by atoms with Crippen LogP contribution >= 0.6 is 11.3 Å². The van der Waals surface area contributed by atoms with E-state index in [0.29, 0.717) is 10.8 Å². The molecule has 1 aromatic heterocycles. The van der Waals surface area contributed by atoms with E-state index in [9.17, 15) is 14.0 Å². The molecule has 0 fully saturated rings. The van der Waals surface area contributed by atoms with E-state index in [1.165, 1.54) is 43.6 Å². The van der Waals surface area contributed by atoms with E-state index in [-0.39, 0.29) is 23.0 Å². The first kappa shape index (κ1) is 21.4. The molecule has 0 saturated carbocycles. The van der Waals surface area contributed by atoms with Crippen molar-refractivity contribution in [2.45, 2.75) is 20.8 Å². The number of benzene rings is 2. The molecule has 0 unspecified atom stereocenters. The van der Waals surface area contributed by atoms with Crippen molar-refractivity contribution in [1.82, 2.24) is 4.98 Å². The first-order valence-electron chi connectivity index (χ1n) is 9.20. The molecule has 1 heterocycles. The number of aryl methyl sites for hydroxylation is 1. The third kappa shape index (κ3) is 4.46. The maximum absolute atomic E-state index is 13.8. The van der Waals surface area contributed by atoms with Gasteiger partial charge in [0.15, 0.2) is 22.5 Å². The number of ether oxygens (including phenoxy) is 1. The highest BCUT2D eigenvalue weighted by atomic mass is 32.1.